The largest absolute Gasteiger partial charge is 0.348 e. The maximum Gasteiger partial charge on any atom is 0.264 e. The second-order valence-corrected chi connectivity index (χ2v) is 8.84. The van der Waals surface area contributed by atoms with Gasteiger partial charge in [-0.25, -0.2) is 8.42 Å². The number of sulfonamides is 1. The van der Waals surface area contributed by atoms with E-state index in [9.17, 15) is 13.2 Å². The number of rotatable bonds is 8. The van der Waals surface area contributed by atoms with Gasteiger partial charge in [0.2, 0.25) is 0 Å². The van der Waals surface area contributed by atoms with Gasteiger partial charge in [-0.2, -0.15) is 0 Å². The van der Waals surface area contributed by atoms with Crippen molar-refractivity contribution in [1.82, 2.24) is 5.32 Å². The van der Waals surface area contributed by atoms with Crippen LogP contribution in [-0.2, 0) is 10.0 Å². The zero-order chi connectivity index (χ0) is 20.0. The van der Waals surface area contributed by atoms with E-state index in [0.29, 0.717) is 23.7 Å². The first kappa shape index (κ1) is 23.9. The third-order valence-corrected chi connectivity index (χ3v) is 6.03. The molecule has 2 rings (SSSR count). The number of nitrogens with one attached hydrogen (secondary N) is 1. The Kier molecular flexibility index (Phi) is 8.94. The molecule has 0 saturated heterocycles. The summed E-state index contributed by atoms with van der Waals surface area (Å²) in [6.45, 7) is 4.45. The van der Waals surface area contributed by atoms with Gasteiger partial charge in [-0.3, -0.25) is 9.10 Å². The first-order valence-corrected chi connectivity index (χ1v) is 10.3. The lowest BCUT2D eigenvalue weighted by molar-refractivity contribution is 0.0933. The third-order valence-electron chi connectivity index (χ3n) is 4.25. The summed E-state index contributed by atoms with van der Waals surface area (Å²) in [4.78, 5) is 12.6. The molecule has 2 aromatic rings. The minimum Gasteiger partial charge on any atom is -0.348 e. The van der Waals surface area contributed by atoms with Gasteiger partial charge in [-0.1, -0.05) is 38.1 Å². The molecule has 1 atom stereocenters. The average molecular weight is 426 g/mol. The molecule has 0 aromatic heterocycles. The summed E-state index contributed by atoms with van der Waals surface area (Å²) < 4.78 is 27.0. The molecule has 1 amide bonds. The van der Waals surface area contributed by atoms with Crippen LogP contribution in [0.4, 0.5) is 5.69 Å². The molecule has 0 bridgehead atoms. The second-order valence-electron chi connectivity index (χ2n) is 6.87. The fourth-order valence-corrected chi connectivity index (χ4v) is 4.03. The van der Waals surface area contributed by atoms with Crippen LogP contribution >= 0.6 is 12.4 Å². The van der Waals surface area contributed by atoms with Gasteiger partial charge in [-0.15, -0.1) is 12.4 Å². The first-order chi connectivity index (χ1) is 12.8. The zero-order valence-corrected chi connectivity index (χ0v) is 18.0. The highest BCUT2D eigenvalue weighted by atomic mass is 35.5. The number of halogens is 1. The van der Waals surface area contributed by atoms with Crippen LogP contribution in [0.1, 0.15) is 30.6 Å². The molecular formula is C20H28ClN3O3S. The van der Waals surface area contributed by atoms with E-state index in [2.05, 4.69) is 19.2 Å². The van der Waals surface area contributed by atoms with E-state index in [1.165, 1.54) is 23.5 Å². The highest BCUT2D eigenvalue weighted by molar-refractivity contribution is 7.92. The molecule has 0 aliphatic carbocycles. The third kappa shape index (κ3) is 5.95. The Labute approximate surface area is 173 Å². The SMILES string of the molecule is CC(C)CC(CN)NC(=O)c1cccc(S(=O)(=O)N(C)c2ccccc2)c1.Cl. The molecule has 0 heterocycles. The molecule has 8 heteroatoms. The van der Waals surface area contributed by atoms with E-state index in [1.807, 2.05) is 6.07 Å². The molecule has 0 spiro atoms. The summed E-state index contributed by atoms with van der Waals surface area (Å²) >= 11 is 0. The first-order valence-electron chi connectivity index (χ1n) is 8.90. The van der Waals surface area contributed by atoms with Crippen molar-refractivity contribution in [3.8, 4) is 0 Å². The summed E-state index contributed by atoms with van der Waals surface area (Å²) in [6, 6.07) is 14.7. The Morgan fingerprint density at radius 2 is 1.75 bits per heavy atom. The number of hydrogen-bond donors (Lipinski definition) is 2. The number of carbonyl (C=O) groups is 1. The average Bonchev–Trinajstić information content (AvgIpc) is 2.67. The standard InChI is InChI=1S/C20H27N3O3S.ClH/c1-15(2)12-17(14-21)22-20(24)16-8-7-11-19(13-16)27(25,26)23(3)18-9-5-4-6-10-18;/h4-11,13,15,17H,12,14,21H2,1-3H3,(H,22,24);1H. The van der Waals surface area contributed by atoms with E-state index < -0.39 is 10.0 Å². The predicted octanol–water partition coefficient (Wildman–Crippen LogP) is 3.04. The Balaban J connectivity index is 0.00000392. The summed E-state index contributed by atoms with van der Waals surface area (Å²) in [5.74, 6) is 0.0654. The molecule has 0 aliphatic rings. The van der Waals surface area contributed by atoms with Crippen LogP contribution in [0.5, 0.6) is 0 Å². The van der Waals surface area contributed by atoms with Gasteiger partial charge in [0.25, 0.3) is 15.9 Å². The van der Waals surface area contributed by atoms with Crippen LogP contribution in [0.2, 0.25) is 0 Å². The van der Waals surface area contributed by atoms with Crippen molar-refractivity contribution in [2.24, 2.45) is 11.7 Å². The van der Waals surface area contributed by atoms with E-state index in [1.54, 1.807) is 36.4 Å². The molecular weight excluding hydrogens is 398 g/mol. The molecule has 0 saturated carbocycles. The fourth-order valence-electron chi connectivity index (χ4n) is 2.78. The number of para-hydroxylation sites is 1. The maximum absolute atomic E-state index is 12.9. The van der Waals surface area contributed by atoms with Crippen molar-refractivity contribution < 1.29 is 13.2 Å². The van der Waals surface area contributed by atoms with Crippen LogP contribution in [-0.4, -0.2) is 34.0 Å². The predicted molar refractivity (Wildman–Crippen MR) is 115 cm³/mol. The number of carbonyl (C=O) groups excluding carboxylic acids is 1. The fraction of sp³-hybridized carbons (Fsp3) is 0.350. The van der Waals surface area contributed by atoms with E-state index in [4.69, 9.17) is 5.73 Å². The van der Waals surface area contributed by atoms with Gasteiger partial charge < -0.3 is 11.1 Å². The number of anilines is 1. The second kappa shape index (κ2) is 10.5. The van der Waals surface area contributed by atoms with E-state index in [0.717, 1.165) is 6.42 Å². The summed E-state index contributed by atoms with van der Waals surface area (Å²) in [5.41, 5.74) is 6.57. The number of benzene rings is 2. The molecule has 154 valence electrons. The van der Waals surface area contributed by atoms with Crippen LogP contribution in [0, 0.1) is 5.92 Å². The summed E-state index contributed by atoms with van der Waals surface area (Å²) in [5, 5.41) is 2.88. The van der Waals surface area contributed by atoms with Crippen LogP contribution in [0.15, 0.2) is 59.5 Å². The van der Waals surface area contributed by atoms with Crippen molar-refractivity contribution in [3.63, 3.8) is 0 Å². The lowest BCUT2D eigenvalue weighted by Gasteiger charge is -2.21. The van der Waals surface area contributed by atoms with Crippen molar-refractivity contribution >= 4 is 34.0 Å². The normalized spacial score (nSPS) is 12.2. The smallest absolute Gasteiger partial charge is 0.264 e. The molecule has 2 aromatic carbocycles. The molecule has 3 N–H and O–H groups in total. The topological polar surface area (TPSA) is 92.5 Å². The summed E-state index contributed by atoms with van der Waals surface area (Å²) in [7, 11) is -2.28. The van der Waals surface area contributed by atoms with Crippen LogP contribution in [0.3, 0.4) is 0 Å². The van der Waals surface area contributed by atoms with Crippen molar-refractivity contribution in [1.29, 1.82) is 0 Å². The minimum absolute atomic E-state index is 0. The Bertz CT molecular complexity index is 873. The van der Waals surface area contributed by atoms with E-state index in [-0.39, 0.29) is 29.3 Å². The van der Waals surface area contributed by atoms with Gasteiger partial charge in [0.15, 0.2) is 0 Å². The Morgan fingerprint density at radius 3 is 2.32 bits per heavy atom. The number of nitrogens with zero attached hydrogens (tertiary/aromatic N) is 1. The molecule has 0 aliphatic heterocycles. The molecule has 6 nitrogen and oxygen atoms in total. The summed E-state index contributed by atoms with van der Waals surface area (Å²) in [6.07, 6.45) is 0.761. The number of amides is 1. The van der Waals surface area contributed by atoms with Gasteiger partial charge in [-0.05, 0) is 42.7 Å². The van der Waals surface area contributed by atoms with Gasteiger partial charge >= 0.3 is 0 Å². The molecule has 1 unspecified atom stereocenters. The van der Waals surface area contributed by atoms with E-state index >= 15 is 0 Å². The minimum atomic E-state index is -3.77. The maximum atomic E-state index is 12.9. The van der Waals surface area contributed by atoms with Crippen LogP contribution in [0.25, 0.3) is 0 Å². The number of nitrogens with two attached hydrogens (primary N) is 1. The quantitative estimate of drug-likeness (QED) is 0.679. The Morgan fingerprint density at radius 1 is 1.11 bits per heavy atom. The monoisotopic (exact) mass is 425 g/mol. The lowest BCUT2D eigenvalue weighted by Crippen LogP contribution is -2.41. The van der Waals surface area contributed by atoms with Crippen molar-refractivity contribution in [2.45, 2.75) is 31.2 Å². The van der Waals surface area contributed by atoms with Gasteiger partial charge in [0, 0.05) is 25.2 Å². The van der Waals surface area contributed by atoms with Gasteiger partial charge in [0.1, 0.15) is 0 Å². The van der Waals surface area contributed by atoms with Crippen molar-refractivity contribution in [3.05, 3.63) is 60.2 Å². The van der Waals surface area contributed by atoms with Gasteiger partial charge in [0.05, 0.1) is 10.6 Å². The molecule has 0 radical (unpaired) electrons. The number of hydrogen-bond acceptors (Lipinski definition) is 4. The highest BCUT2D eigenvalue weighted by Gasteiger charge is 2.23. The Hall–Kier alpha value is -2.09. The van der Waals surface area contributed by atoms with Crippen molar-refractivity contribution in [2.75, 3.05) is 17.9 Å². The van der Waals surface area contributed by atoms with Crippen LogP contribution < -0.4 is 15.4 Å². The molecule has 28 heavy (non-hydrogen) atoms. The lowest BCUT2D eigenvalue weighted by atomic mass is 10.0. The highest BCUT2D eigenvalue weighted by Crippen LogP contribution is 2.22. The molecule has 0 fully saturated rings. The zero-order valence-electron chi connectivity index (χ0n) is 16.3.